The summed E-state index contributed by atoms with van der Waals surface area (Å²) < 4.78 is 2.25. The van der Waals surface area contributed by atoms with Gasteiger partial charge in [0.1, 0.15) is 5.82 Å². The molecule has 0 N–H and O–H groups in total. The molecule has 2 heterocycles. The summed E-state index contributed by atoms with van der Waals surface area (Å²) in [6.07, 6.45) is 0. The molecule has 0 spiro atoms. The maximum atomic E-state index is 4.95. The van der Waals surface area contributed by atoms with Gasteiger partial charge in [-0.2, -0.15) is 0 Å². The number of pyridine rings is 1. The Morgan fingerprint density at radius 1 is 0.520 bits per heavy atom. The summed E-state index contributed by atoms with van der Waals surface area (Å²) in [5.74, 6) is 0.943. The SMILES string of the molecule is c1ccc(-c2cccc(-n3c4ccccc4c4ccccc43)n2)cc1. The molecule has 2 nitrogen and oxygen atoms in total. The van der Waals surface area contributed by atoms with Crippen molar-refractivity contribution >= 4 is 21.8 Å². The lowest BCUT2D eigenvalue weighted by Crippen LogP contribution is -1.98. The predicted molar refractivity (Wildman–Crippen MR) is 104 cm³/mol. The quantitative estimate of drug-likeness (QED) is 0.399. The molecular formula is C23H16N2. The molecule has 3 aromatic carbocycles. The molecule has 0 saturated heterocycles. The van der Waals surface area contributed by atoms with Gasteiger partial charge in [-0.05, 0) is 24.3 Å². The Morgan fingerprint density at radius 2 is 1.12 bits per heavy atom. The summed E-state index contributed by atoms with van der Waals surface area (Å²) in [6, 6.07) is 33.5. The molecule has 0 aliphatic heterocycles. The first-order chi connectivity index (χ1) is 12.4. The molecule has 0 bridgehead atoms. The Morgan fingerprint density at radius 3 is 1.80 bits per heavy atom. The number of benzene rings is 3. The molecular weight excluding hydrogens is 304 g/mol. The van der Waals surface area contributed by atoms with Gasteiger partial charge in [0.05, 0.1) is 16.7 Å². The topological polar surface area (TPSA) is 17.8 Å². The van der Waals surface area contributed by atoms with Gasteiger partial charge in [-0.3, -0.25) is 4.57 Å². The van der Waals surface area contributed by atoms with Crippen LogP contribution in [0.3, 0.4) is 0 Å². The molecule has 0 atom stereocenters. The Balaban J connectivity index is 1.81. The fraction of sp³-hybridized carbons (Fsp3) is 0. The van der Waals surface area contributed by atoms with Crippen molar-refractivity contribution in [3.05, 3.63) is 97.1 Å². The lowest BCUT2D eigenvalue weighted by Gasteiger charge is -2.09. The average molecular weight is 320 g/mol. The smallest absolute Gasteiger partial charge is 0.138 e. The molecule has 0 amide bonds. The second-order valence-electron chi connectivity index (χ2n) is 6.12. The van der Waals surface area contributed by atoms with Crippen LogP contribution < -0.4 is 0 Å². The minimum atomic E-state index is 0.943. The minimum Gasteiger partial charge on any atom is -0.294 e. The van der Waals surface area contributed by atoms with Crippen LogP contribution in [0, 0.1) is 0 Å². The van der Waals surface area contributed by atoms with E-state index in [-0.39, 0.29) is 0 Å². The van der Waals surface area contributed by atoms with E-state index < -0.39 is 0 Å². The second kappa shape index (κ2) is 5.60. The normalized spacial score (nSPS) is 11.2. The lowest BCUT2D eigenvalue weighted by molar-refractivity contribution is 1.08. The van der Waals surface area contributed by atoms with Gasteiger partial charge in [-0.15, -0.1) is 0 Å². The molecule has 5 aromatic rings. The van der Waals surface area contributed by atoms with E-state index in [2.05, 4.69) is 83.4 Å². The molecule has 0 fully saturated rings. The van der Waals surface area contributed by atoms with Gasteiger partial charge in [-0.1, -0.05) is 72.8 Å². The molecule has 0 unspecified atom stereocenters. The molecule has 2 aromatic heterocycles. The van der Waals surface area contributed by atoms with E-state index in [1.807, 2.05) is 18.2 Å². The van der Waals surface area contributed by atoms with Crippen molar-refractivity contribution in [2.45, 2.75) is 0 Å². The number of hydrogen-bond acceptors (Lipinski definition) is 1. The van der Waals surface area contributed by atoms with E-state index in [4.69, 9.17) is 4.98 Å². The summed E-state index contributed by atoms with van der Waals surface area (Å²) >= 11 is 0. The maximum absolute atomic E-state index is 4.95. The van der Waals surface area contributed by atoms with Crippen LogP contribution in [0.25, 0.3) is 38.9 Å². The molecule has 118 valence electrons. The van der Waals surface area contributed by atoms with Gasteiger partial charge in [0.25, 0.3) is 0 Å². The number of fused-ring (bicyclic) bond motifs is 3. The number of para-hydroxylation sites is 2. The van der Waals surface area contributed by atoms with Gasteiger partial charge < -0.3 is 0 Å². The highest BCUT2D eigenvalue weighted by Crippen LogP contribution is 2.31. The van der Waals surface area contributed by atoms with Gasteiger partial charge in [-0.25, -0.2) is 4.98 Å². The van der Waals surface area contributed by atoms with E-state index in [0.29, 0.717) is 0 Å². The second-order valence-corrected chi connectivity index (χ2v) is 6.12. The molecule has 0 radical (unpaired) electrons. The van der Waals surface area contributed by atoms with Crippen molar-refractivity contribution in [2.75, 3.05) is 0 Å². The third kappa shape index (κ3) is 2.23. The largest absolute Gasteiger partial charge is 0.294 e. The number of nitrogens with zero attached hydrogens (tertiary/aromatic N) is 2. The van der Waals surface area contributed by atoms with Crippen LogP contribution in [-0.4, -0.2) is 9.55 Å². The van der Waals surface area contributed by atoms with Crippen LogP contribution in [0.15, 0.2) is 97.1 Å². The summed E-state index contributed by atoms with van der Waals surface area (Å²) in [6.45, 7) is 0. The monoisotopic (exact) mass is 320 g/mol. The molecule has 0 aliphatic carbocycles. The standard InChI is InChI=1S/C23H16N2/c1-2-9-17(10-3-1)20-13-8-16-23(24-20)25-21-14-6-4-11-18(21)19-12-5-7-15-22(19)25/h1-16H. The van der Waals surface area contributed by atoms with Gasteiger partial charge in [0, 0.05) is 16.3 Å². The third-order valence-corrected chi connectivity index (χ3v) is 4.61. The van der Waals surface area contributed by atoms with Crippen molar-refractivity contribution in [1.82, 2.24) is 9.55 Å². The number of aromatic nitrogens is 2. The Kier molecular flexibility index (Phi) is 3.14. The highest BCUT2D eigenvalue weighted by atomic mass is 15.1. The van der Waals surface area contributed by atoms with Gasteiger partial charge in [0.2, 0.25) is 0 Å². The molecule has 2 heteroatoms. The van der Waals surface area contributed by atoms with E-state index in [9.17, 15) is 0 Å². The zero-order valence-corrected chi connectivity index (χ0v) is 13.6. The summed E-state index contributed by atoms with van der Waals surface area (Å²) in [5, 5.41) is 2.51. The number of hydrogen-bond donors (Lipinski definition) is 0. The van der Waals surface area contributed by atoms with Crippen LogP contribution in [0.5, 0.6) is 0 Å². The zero-order valence-electron chi connectivity index (χ0n) is 13.6. The van der Waals surface area contributed by atoms with Crippen LogP contribution in [0.4, 0.5) is 0 Å². The minimum absolute atomic E-state index is 0.943. The first kappa shape index (κ1) is 14.0. The van der Waals surface area contributed by atoms with Crippen LogP contribution >= 0.6 is 0 Å². The maximum Gasteiger partial charge on any atom is 0.138 e. The molecule has 0 aliphatic rings. The highest BCUT2D eigenvalue weighted by Gasteiger charge is 2.12. The summed E-state index contributed by atoms with van der Waals surface area (Å²) in [4.78, 5) is 4.95. The summed E-state index contributed by atoms with van der Waals surface area (Å²) in [7, 11) is 0. The average Bonchev–Trinajstić information content (AvgIpc) is 3.03. The summed E-state index contributed by atoms with van der Waals surface area (Å²) in [5.41, 5.74) is 4.48. The molecule has 0 saturated carbocycles. The predicted octanol–water partition coefficient (Wildman–Crippen LogP) is 5.85. The Hall–Kier alpha value is -3.39. The van der Waals surface area contributed by atoms with E-state index in [1.165, 1.54) is 21.8 Å². The van der Waals surface area contributed by atoms with Crippen LogP contribution in [0.1, 0.15) is 0 Å². The van der Waals surface area contributed by atoms with E-state index in [1.54, 1.807) is 0 Å². The number of rotatable bonds is 2. The van der Waals surface area contributed by atoms with Crippen molar-refractivity contribution in [3.63, 3.8) is 0 Å². The Labute approximate surface area is 146 Å². The van der Waals surface area contributed by atoms with Gasteiger partial charge >= 0.3 is 0 Å². The van der Waals surface area contributed by atoms with E-state index >= 15 is 0 Å². The molecule has 25 heavy (non-hydrogen) atoms. The molecule has 5 rings (SSSR count). The van der Waals surface area contributed by atoms with Crippen LogP contribution in [0.2, 0.25) is 0 Å². The van der Waals surface area contributed by atoms with Crippen molar-refractivity contribution < 1.29 is 0 Å². The van der Waals surface area contributed by atoms with E-state index in [0.717, 1.165) is 17.1 Å². The Bertz CT molecular complexity index is 1130. The lowest BCUT2D eigenvalue weighted by atomic mass is 10.1. The van der Waals surface area contributed by atoms with Crippen molar-refractivity contribution in [2.24, 2.45) is 0 Å². The fourth-order valence-corrected chi connectivity index (χ4v) is 3.49. The van der Waals surface area contributed by atoms with Crippen LogP contribution in [-0.2, 0) is 0 Å². The van der Waals surface area contributed by atoms with Crippen molar-refractivity contribution in [3.8, 4) is 17.1 Å². The van der Waals surface area contributed by atoms with Crippen molar-refractivity contribution in [1.29, 1.82) is 0 Å². The first-order valence-corrected chi connectivity index (χ1v) is 8.43. The van der Waals surface area contributed by atoms with Gasteiger partial charge in [0.15, 0.2) is 0 Å². The fourth-order valence-electron chi connectivity index (χ4n) is 3.49. The zero-order chi connectivity index (χ0) is 16.6. The highest BCUT2D eigenvalue weighted by molar-refractivity contribution is 6.09. The third-order valence-electron chi connectivity index (χ3n) is 4.61. The first-order valence-electron chi connectivity index (χ1n) is 8.43.